The first-order valence-electron chi connectivity index (χ1n) is 7.78. The third-order valence-electron chi connectivity index (χ3n) is 3.54. The molecular formula is C17H27NO2. The molecule has 112 valence electrons. The summed E-state index contributed by atoms with van der Waals surface area (Å²) in [7, 11) is 0. The molecule has 1 N–H and O–H groups in total. The van der Waals surface area contributed by atoms with Gasteiger partial charge in [-0.05, 0) is 50.8 Å². The first-order valence-corrected chi connectivity index (χ1v) is 7.78. The second kappa shape index (κ2) is 8.40. The third-order valence-corrected chi connectivity index (χ3v) is 3.54. The Kier molecular flexibility index (Phi) is 6.51. The number of ether oxygens (including phenoxy) is 2. The summed E-state index contributed by atoms with van der Waals surface area (Å²) in [6, 6.07) is 9.55. The van der Waals surface area contributed by atoms with E-state index in [0.29, 0.717) is 13.2 Å². The molecule has 1 saturated carbocycles. The van der Waals surface area contributed by atoms with Crippen molar-refractivity contribution < 1.29 is 9.47 Å². The fraction of sp³-hybridized carbons (Fsp3) is 0.647. The largest absolute Gasteiger partial charge is 0.379 e. The van der Waals surface area contributed by atoms with Crippen LogP contribution >= 0.6 is 0 Å². The fourth-order valence-corrected chi connectivity index (χ4v) is 2.08. The molecule has 0 radical (unpaired) electrons. The molecule has 0 saturated heterocycles. The van der Waals surface area contributed by atoms with Crippen molar-refractivity contribution in [2.75, 3.05) is 19.8 Å². The normalized spacial score (nSPS) is 16.3. The van der Waals surface area contributed by atoms with Crippen molar-refractivity contribution in [1.82, 2.24) is 5.32 Å². The van der Waals surface area contributed by atoms with Gasteiger partial charge in [-0.25, -0.2) is 0 Å². The van der Waals surface area contributed by atoms with Gasteiger partial charge in [0.25, 0.3) is 0 Å². The Morgan fingerprint density at radius 2 is 1.90 bits per heavy atom. The smallest absolute Gasteiger partial charge is 0.0785 e. The maximum Gasteiger partial charge on any atom is 0.0785 e. The predicted octanol–water partition coefficient (Wildman–Crippen LogP) is 2.92. The van der Waals surface area contributed by atoms with Crippen LogP contribution in [0.5, 0.6) is 0 Å². The molecule has 0 amide bonds. The van der Waals surface area contributed by atoms with E-state index in [1.807, 2.05) is 13.8 Å². The minimum Gasteiger partial charge on any atom is -0.379 e. The van der Waals surface area contributed by atoms with Gasteiger partial charge in [0.2, 0.25) is 0 Å². The van der Waals surface area contributed by atoms with E-state index in [9.17, 15) is 0 Å². The third kappa shape index (κ3) is 6.04. The van der Waals surface area contributed by atoms with E-state index in [4.69, 9.17) is 9.47 Å². The fourth-order valence-electron chi connectivity index (χ4n) is 2.08. The molecule has 0 aromatic heterocycles. The molecule has 1 atom stereocenters. The van der Waals surface area contributed by atoms with Crippen molar-refractivity contribution in [1.29, 1.82) is 0 Å². The van der Waals surface area contributed by atoms with Crippen molar-refractivity contribution in [3.05, 3.63) is 35.4 Å². The number of hydrogen-bond donors (Lipinski definition) is 1. The Labute approximate surface area is 122 Å². The standard InChI is InChI=1S/C17H27NO2/c1-3-19-12-14(2)20-13-16-6-4-15(5-7-16)10-11-18-17-8-9-17/h4-7,14,17-18H,3,8-13H2,1-2H3. The highest BCUT2D eigenvalue weighted by Crippen LogP contribution is 2.18. The van der Waals surface area contributed by atoms with E-state index >= 15 is 0 Å². The van der Waals surface area contributed by atoms with Crippen molar-refractivity contribution >= 4 is 0 Å². The molecule has 0 spiro atoms. The lowest BCUT2D eigenvalue weighted by atomic mass is 10.1. The van der Waals surface area contributed by atoms with Gasteiger partial charge in [0.05, 0.1) is 19.3 Å². The zero-order valence-corrected chi connectivity index (χ0v) is 12.7. The maximum absolute atomic E-state index is 5.75. The predicted molar refractivity (Wildman–Crippen MR) is 81.9 cm³/mol. The summed E-state index contributed by atoms with van der Waals surface area (Å²) < 4.78 is 11.1. The van der Waals surface area contributed by atoms with Crippen molar-refractivity contribution in [2.24, 2.45) is 0 Å². The molecule has 20 heavy (non-hydrogen) atoms. The molecule has 1 aromatic carbocycles. The molecule has 1 aromatic rings. The lowest BCUT2D eigenvalue weighted by Gasteiger charge is -2.13. The number of benzene rings is 1. The first kappa shape index (κ1) is 15.5. The first-order chi connectivity index (χ1) is 9.78. The lowest BCUT2D eigenvalue weighted by molar-refractivity contribution is -0.0116. The monoisotopic (exact) mass is 277 g/mol. The van der Waals surface area contributed by atoms with E-state index in [2.05, 4.69) is 29.6 Å². The van der Waals surface area contributed by atoms with Crippen LogP contribution in [-0.4, -0.2) is 31.9 Å². The van der Waals surface area contributed by atoms with Crippen LogP contribution in [0.25, 0.3) is 0 Å². The second-order valence-corrected chi connectivity index (χ2v) is 5.58. The summed E-state index contributed by atoms with van der Waals surface area (Å²) >= 11 is 0. The van der Waals surface area contributed by atoms with Gasteiger partial charge >= 0.3 is 0 Å². The summed E-state index contributed by atoms with van der Waals surface area (Å²) in [5.74, 6) is 0. The van der Waals surface area contributed by atoms with Crippen molar-refractivity contribution in [2.45, 2.75) is 51.9 Å². The Morgan fingerprint density at radius 3 is 2.55 bits per heavy atom. The van der Waals surface area contributed by atoms with Gasteiger partial charge in [-0.1, -0.05) is 24.3 Å². The van der Waals surface area contributed by atoms with Crippen LogP contribution in [-0.2, 0) is 22.5 Å². The molecule has 0 aliphatic heterocycles. The van der Waals surface area contributed by atoms with Crippen LogP contribution < -0.4 is 5.32 Å². The summed E-state index contributed by atoms with van der Waals surface area (Å²) in [5, 5.41) is 3.54. The summed E-state index contributed by atoms with van der Waals surface area (Å²) in [6.07, 6.45) is 3.97. The average Bonchev–Trinajstić information content (AvgIpc) is 3.28. The number of hydrogen-bond acceptors (Lipinski definition) is 3. The molecule has 1 aliphatic carbocycles. The second-order valence-electron chi connectivity index (χ2n) is 5.58. The Bertz CT molecular complexity index is 373. The van der Waals surface area contributed by atoms with Gasteiger partial charge in [-0.2, -0.15) is 0 Å². The topological polar surface area (TPSA) is 30.5 Å². The van der Waals surface area contributed by atoms with E-state index in [1.165, 1.54) is 24.0 Å². The van der Waals surface area contributed by atoms with Crippen molar-refractivity contribution in [3.8, 4) is 0 Å². The van der Waals surface area contributed by atoms with Crippen LogP contribution in [0.1, 0.15) is 37.8 Å². The molecule has 3 heteroatoms. The van der Waals surface area contributed by atoms with Gasteiger partial charge in [-0.15, -0.1) is 0 Å². The van der Waals surface area contributed by atoms with Gasteiger partial charge in [-0.3, -0.25) is 0 Å². The number of rotatable bonds is 10. The van der Waals surface area contributed by atoms with Gasteiger partial charge in [0, 0.05) is 12.6 Å². The maximum atomic E-state index is 5.75. The Balaban J connectivity index is 1.64. The van der Waals surface area contributed by atoms with E-state index in [-0.39, 0.29) is 6.10 Å². The molecule has 1 fully saturated rings. The average molecular weight is 277 g/mol. The van der Waals surface area contributed by atoms with Gasteiger partial charge in [0.15, 0.2) is 0 Å². The molecule has 2 rings (SSSR count). The van der Waals surface area contributed by atoms with E-state index < -0.39 is 0 Å². The molecular weight excluding hydrogens is 250 g/mol. The highest BCUT2D eigenvalue weighted by molar-refractivity contribution is 5.22. The minimum atomic E-state index is 0.150. The lowest BCUT2D eigenvalue weighted by Crippen LogP contribution is -2.19. The van der Waals surface area contributed by atoms with Crippen LogP contribution in [0.3, 0.4) is 0 Å². The number of nitrogens with one attached hydrogen (secondary N) is 1. The Hall–Kier alpha value is -0.900. The van der Waals surface area contributed by atoms with Gasteiger partial charge < -0.3 is 14.8 Å². The highest BCUT2D eigenvalue weighted by atomic mass is 16.5. The van der Waals surface area contributed by atoms with E-state index in [1.54, 1.807) is 0 Å². The molecule has 1 aliphatic rings. The summed E-state index contributed by atoms with van der Waals surface area (Å²) in [5.41, 5.74) is 2.62. The zero-order chi connectivity index (χ0) is 14.2. The van der Waals surface area contributed by atoms with Gasteiger partial charge in [0.1, 0.15) is 0 Å². The van der Waals surface area contributed by atoms with Crippen LogP contribution in [0, 0.1) is 0 Å². The summed E-state index contributed by atoms with van der Waals surface area (Å²) in [4.78, 5) is 0. The quantitative estimate of drug-likeness (QED) is 0.713. The highest BCUT2D eigenvalue weighted by Gasteiger charge is 2.19. The zero-order valence-electron chi connectivity index (χ0n) is 12.7. The van der Waals surface area contributed by atoms with Crippen LogP contribution in [0.4, 0.5) is 0 Å². The summed E-state index contributed by atoms with van der Waals surface area (Å²) in [6.45, 7) is 7.22. The Morgan fingerprint density at radius 1 is 1.20 bits per heavy atom. The minimum absolute atomic E-state index is 0.150. The van der Waals surface area contributed by atoms with E-state index in [0.717, 1.165) is 25.6 Å². The van der Waals surface area contributed by atoms with Crippen LogP contribution in [0.2, 0.25) is 0 Å². The van der Waals surface area contributed by atoms with Crippen molar-refractivity contribution in [3.63, 3.8) is 0 Å². The molecule has 0 heterocycles. The van der Waals surface area contributed by atoms with Crippen LogP contribution in [0.15, 0.2) is 24.3 Å². The molecule has 1 unspecified atom stereocenters. The molecule has 0 bridgehead atoms. The SMILES string of the molecule is CCOCC(C)OCc1ccc(CCNC2CC2)cc1. The molecule has 3 nitrogen and oxygen atoms in total.